The molecule has 2 unspecified atom stereocenters. The van der Waals surface area contributed by atoms with Gasteiger partial charge in [-0.25, -0.2) is 0 Å². The molecule has 2 nitrogen and oxygen atoms in total. The maximum absolute atomic E-state index is 5.73. The third-order valence-corrected chi connectivity index (χ3v) is 2.57. The van der Waals surface area contributed by atoms with Gasteiger partial charge in [-0.1, -0.05) is 27.2 Å². The zero-order valence-electron chi connectivity index (χ0n) is 12.1. The first-order valence-electron chi connectivity index (χ1n) is 6.68. The molecule has 16 heavy (non-hydrogen) atoms. The van der Waals surface area contributed by atoms with Crippen molar-refractivity contribution >= 4 is 0 Å². The molecule has 0 rings (SSSR count). The predicted octanol–water partition coefficient (Wildman–Crippen LogP) is 3.46. The molecule has 0 amide bonds. The highest BCUT2D eigenvalue weighted by Gasteiger charge is 2.11. The lowest BCUT2D eigenvalue weighted by Gasteiger charge is -2.23. The Morgan fingerprint density at radius 1 is 1.06 bits per heavy atom. The van der Waals surface area contributed by atoms with Gasteiger partial charge < -0.3 is 10.1 Å². The Kier molecular flexibility index (Phi) is 8.04. The van der Waals surface area contributed by atoms with Crippen molar-refractivity contribution < 1.29 is 4.74 Å². The lowest BCUT2D eigenvalue weighted by Crippen LogP contribution is -2.39. The summed E-state index contributed by atoms with van der Waals surface area (Å²) in [7, 11) is 0. The van der Waals surface area contributed by atoms with Gasteiger partial charge in [0.05, 0.1) is 6.61 Å². The van der Waals surface area contributed by atoms with Crippen LogP contribution in [0.15, 0.2) is 0 Å². The first-order valence-corrected chi connectivity index (χ1v) is 6.68. The van der Waals surface area contributed by atoms with E-state index in [1.54, 1.807) is 0 Å². The quantitative estimate of drug-likeness (QED) is 0.688. The molecule has 2 atom stereocenters. The summed E-state index contributed by atoms with van der Waals surface area (Å²) >= 11 is 0. The third-order valence-electron chi connectivity index (χ3n) is 2.57. The standard InChI is InChI=1S/C14H31NO/c1-7-8-12(2)10-16-11-13(3)9-15-14(4,5)6/h12-13,15H,7-11H2,1-6H3. The van der Waals surface area contributed by atoms with Crippen LogP contribution in [0.3, 0.4) is 0 Å². The molecule has 0 aromatic carbocycles. The van der Waals surface area contributed by atoms with E-state index in [-0.39, 0.29) is 5.54 Å². The monoisotopic (exact) mass is 229 g/mol. The molecule has 0 aliphatic rings. The molecule has 0 heterocycles. The van der Waals surface area contributed by atoms with Crippen LogP contribution in [0, 0.1) is 11.8 Å². The second kappa shape index (κ2) is 8.08. The highest BCUT2D eigenvalue weighted by Crippen LogP contribution is 2.07. The molecule has 98 valence electrons. The average molecular weight is 229 g/mol. The zero-order chi connectivity index (χ0) is 12.6. The van der Waals surface area contributed by atoms with E-state index in [1.165, 1.54) is 12.8 Å². The van der Waals surface area contributed by atoms with Gasteiger partial charge in [0.2, 0.25) is 0 Å². The summed E-state index contributed by atoms with van der Waals surface area (Å²) in [4.78, 5) is 0. The van der Waals surface area contributed by atoms with Gasteiger partial charge in [0.1, 0.15) is 0 Å². The van der Waals surface area contributed by atoms with Gasteiger partial charge in [0, 0.05) is 18.7 Å². The van der Waals surface area contributed by atoms with E-state index in [2.05, 4.69) is 46.9 Å². The van der Waals surface area contributed by atoms with Crippen LogP contribution >= 0.6 is 0 Å². The molecule has 2 heteroatoms. The lowest BCUT2D eigenvalue weighted by atomic mass is 10.1. The molecule has 0 aliphatic carbocycles. The minimum absolute atomic E-state index is 0.212. The Hall–Kier alpha value is -0.0800. The van der Waals surface area contributed by atoms with Crippen LogP contribution in [0.5, 0.6) is 0 Å². The summed E-state index contributed by atoms with van der Waals surface area (Å²) in [5.74, 6) is 1.29. The minimum atomic E-state index is 0.212. The molecule has 0 fully saturated rings. The molecule has 0 aromatic rings. The Morgan fingerprint density at radius 2 is 1.62 bits per heavy atom. The van der Waals surface area contributed by atoms with Crippen LogP contribution in [0.25, 0.3) is 0 Å². The summed E-state index contributed by atoms with van der Waals surface area (Å²) in [6.07, 6.45) is 2.53. The number of ether oxygens (including phenoxy) is 1. The van der Waals surface area contributed by atoms with Crippen molar-refractivity contribution in [3.8, 4) is 0 Å². The Bertz CT molecular complexity index is 163. The molecule has 0 aliphatic heterocycles. The maximum Gasteiger partial charge on any atom is 0.0503 e. The van der Waals surface area contributed by atoms with Crippen molar-refractivity contribution in [1.82, 2.24) is 5.32 Å². The van der Waals surface area contributed by atoms with Crippen LogP contribution in [-0.4, -0.2) is 25.3 Å². The second-order valence-corrected chi connectivity index (χ2v) is 6.17. The third kappa shape index (κ3) is 10.4. The van der Waals surface area contributed by atoms with Gasteiger partial charge >= 0.3 is 0 Å². The Balaban J connectivity index is 3.47. The summed E-state index contributed by atoms with van der Waals surface area (Å²) in [5.41, 5.74) is 0.212. The van der Waals surface area contributed by atoms with E-state index < -0.39 is 0 Å². The molecule has 0 bridgehead atoms. The Morgan fingerprint density at radius 3 is 2.12 bits per heavy atom. The minimum Gasteiger partial charge on any atom is -0.381 e. The summed E-state index contributed by atoms with van der Waals surface area (Å²) in [6.45, 7) is 16.1. The van der Waals surface area contributed by atoms with Crippen LogP contribution in [-0.2, 0) is 4.74 Å². The molecular formula is C14H31NO. The van der Waals surface area contributed by atoms with Gasteiger partial charge in [-0.2, -0.15) is 0 Å². The fourth-order valence-corrected chi connectivity index (χ4v) is 1.59. The van der Waals surface area contributed by atoms with E-state index in [4.69, 9.17) is 4.74 Å². The molecular weight excluding hydrogens is 198 g/mol. The fraction of sp³-hybridized carbons (Fsp3) is 1.00. The van der Waals surface area contributed by atoms with E-state index >= 15 is 0 Å². The first kappa shape index (κ1) is 15.9. The molecule has 0 spiro atoms. The van der Waals surface area contributed by atoms with Crippen LogP contribution in [0.2, 0.25) is 0 Å². The van der Waals surface area contributed by atoms with Crippen molar-refractivity contribution in [3.63, 3.8) is 0 Å². The SMILES string of the molecule is CCCC(C)COCC(C)CNC(C)(C)C. The van der Waals surface area contributed by atoms with Crippen molar-refractivity contribution in [3.05, 3.63) is 0 Å². The van der Waals surface area contributed by atoms with Crippen molar-refractivity contribution in [2.45, 2.75) is 59.9 Å². The van der Waals surface area contributed by atoms with Gasteiger partial charge in [-0.15, -0.1) is 0 Å². The second-order valence-electron chi connectivity index (χ2n) is 6.17. The smallest absolute Gasteiger partial charge is 0.0503 e. The molecule has 0 aromatic heterocycles. The fourth-order valence-electron chi connectivity index (χ4n) is 1.59. The number of rotatable bonds is 8. The van der Waals surface area contributed by atoms with E-state index in [9.17, 15) is 0 Å². The lowest BCUT2D eigenvalue weighted by molar-refractivity contribution is 0.0757. The van der Waals surface area contributed by atoms with Gasteiger partial charge in [-0.05, 0) is 39.0 Å². The Labute approximate surface area is 102 Å². The van der Waals surface area contributed by atoms with Gasteiger partial charge in [-0.3, -0.25) is 0 Å². The van der Waals surface area contributed by atoms with Crippen molar-refractivity contribution in [2.75, 3.05) is 19.8 Å². The van der Waals surface area contributed by atoms with Crippen LogP contribution < -0.4 is 5.32 Å². The van der Waals surface area contributed by atoms with Gasteiger partial charge in [0.15, 0.2) is 0 Å². The highest BCUT2D eigenvalue weighted by atomic mass is 16.5. The molecule has 1 N–H and O–H groups in total. The van der Waals surface area contributed by atoms with E-state index in [1.807, 2.05) is 0 Å². The average Bonchev–Trinajstić information content (AvgIpc) is 2.14. The summed E-state index contributed by atoms with van der Waals surface area (Å²) < 4.78 is 5.73. The topological polar surface area (TPSA) is 21.3 Å². The largest absolute Gasteiger partial charge is 0.381 e. The normalized spacial score (nSPS) is 16.1. The van der Waals surface area contributed by atoms with Crippen LogP contribution in [0.4, 0.5) is 0 Å². The van der Waals surface area contributed by atoms with E-state index in [0.29, 0.717) is 11.8 Å². The first-order chi connectivity index (χ1) is 7.35. The van der Waals surface area contributed by atoms with Crippen LogP contribution in [0.1, 0.15) is 54.4 Å². The van der Waals surface area contributed by atoms with E-state index in [0.717, 1.165) is 19.8 Å². The number of nitrogens with one attached hydrogen (secondary N) is 1. The number of hydrogen-bond acceptors (Lipinski definition) is 2. The summed E-state index contributed by atoms with van der Waals surface area (Å²) in [5, 5.41) is 3.50. The van der Waals surface area contributed by atoms with Crippen molar-refractivity contribution in [2.24, 2.45) is 11.8 Å². The number of hydrogen-bond donors (Lipinski definition) is 1. The highest BCUT2D eigenvalue weighted by molar-refractivity contribution is 4.71. The zero-order valence-corrected chi connectivity index (χ0v) is 12.1. The summed E-state index contributed by atoms with van der Waals surface area (Å²) in [6, 6.07) is 0. The maximum atomic E-state index is 5.73. The molecule has 0 radical (unpaired) electrons. The molecule has 0 saturated heterocycles. The van der Waals surface area contributed by atoms with Gasteiger partial charge in [0.25, 0.3) is 0 Å². The predicted molar refractivity (Wildman–Crippen MR) is 71.8 cm³/mol. The molecule has 0 saturated carbocycles. The van der Waals surface area contributed by atoms with Crippen molar-refractivity contribution in [1.29, 1.82) is 0 Å².